The van der Waals surface area contributed by atoms with E-state index in [-0.39, 0.29) is 5.41 Å². The molecule has 0 atom stereocenters. The van der Waals surface area contributed by atoms with E-state index in [2.05, 4.69) is 143 Å². The third-order valence-electron chi connectivity index (χ3n) is 11.5. The zero-order chi connectivity index (χ0) is 36.3. The summed E-state index contributed by atoms with van der Waals surface area (Å²) in [7, 11) is -3.01. The van der Waals surface area contributed by atoms with Crippen LogP contribution in [0.5, 0.6) is 0 Å². The molecule has 0 aromatic heterocycles. The topological polar surface area (TPSA) is 17.1 Å². The van der Waals surface area contributed by atoms with Crippen molar-refractivity contribution in [2.45, 2.75) is 33.1 Å². The van der Waals surface area contributed by atoms with Crippen molar-refractivity contribution in [2.24, 2.45) is 0 Å². The number of fused-ring (bicyclic) bond motifs is 7. The Kier molecular flexibility index (Phi) is 7.95. The van der Waals surface area contributed by atoms with Gasteiger partial charge >= 0.3 is 0 Å². The van der Waals surface area contributed by atoms with Gasteiger partial charge in [0.1, 0.15) is 0 Å². The Morgan fingerprint density at radius 2 is 0.962 bits per heavy atom. The van der Waals surface area contributed by atoms with Crippen LogP contribution >= 0.6 is 7.14 Å². The molecule has 8 aromatic rings. The molecular weight excluding hydrogens is 660 g/mol. The molecule has 0 spiro atoms. The van der Waals surface area contributed by atoms with Crippen molar-refractivity contribution in [1.82, 2.24) is 0 Å². The second kappa shape index (κ2) is 12.7. The van der Waals surface area contributed by atoms with Crippen LogP contribution in [0.2, 0.25) is 0 Å². The first-order valence-electron chi connectivity index (χ1n) is 18.5. The number of benzene rings is 8. The summed E-state index contributed by atoms with van der Waals surface area (Å²) < 4.78 is 14.9. The van der Waals surface area contributed by atoms with Gasteiger partial charge in [-0.2, -0.15) is 0 Å². The molecule has 2 aliphatic rings. The van der Waals surface area contributed by atoms with Gasteiger partial charge in [-0.15, -0.1) is 0 Å². The minimum Gasteiger partial charge on any atom is -0.309 e. The van der Waals surface area contributed by atoms with E-state index in [0.717, 1.165) is 27.0 Å². The lowest BCUT2D eigenvalue weighted by atomic mass is 9.81. The summed E-state index contributed by atoms with van der Waals surface area (Å²) in [4.78, 5) is 0. The number of hydrogen-bond acceptors (Lipinski definition) is 1. The van der Waals surface area contributed by atoms with Gasteiger partial charge in [0.05, 0.1) is 0 Å². The molecule has 0 heterocycles. The maximum Gasteiger partial charge on any atom is 0.171 e. The lowest BCUT2D eigenvalue weighted by Crippen LogP contribution is -2.24. The van der Waals surface area contributed by atoms with Crippen LogP contribution in [-0.4, -0.2) is 0 Å². The summed E-state index contributed by atoms with van der Waals surface area (Å²) in [5, 5.41) is 5.25. The molecule has 10 rings (SSSR count). The lowest BCUT2D eigenvalue weighted by molar-refractivity contribution is 0.592. The highest BCUT2D eigenvalue weighted by molar-refractivity contribution is 7.85. The highest BCUT2D eigenvalue weighted by Gasteiger charge is 2.38. The monoisotopic (exact) mass is 700 g/mol. The highest BCUT2D eigenvalue weighted by atomic mass is 31.2. The molecule has 0 amide bonds. The fourth-order valence-corrected chi connectivity index (χ4v) is 11.2. The fourth-order valence-electron chi connectivity index (χ4n) is 8.53. The summed E-state index contributed by atoms with van der Waals surface area (Å²) in [5.41, 5.74) is 15.8. The Labute approximate surface area is 313 Å². The lowest BCUT2D eigenvalue weighted by Gasteiger charge is -2.22. The predicted molar refractivity (Wildman–Crippen MR) is 227 cm³/mol. The van der Waals surface area contributed by atoms with E-state index in [4.69, 9.17) is 0 Å². The molecule has 0 radical (unpaired) electrons. The van der Waals surface area contributed by atoms with Gasteiger partial charge in [-0.1, -0.05) is 178 Å². The summed E-state index contributed by atoms with van der Waals surface area (Å²) in [5.74, 6) is 0. The van der Waals surface area contributed by atoms with Gasteiger partial charge in [0.15, 0.2) is 7.14 Å². The molecule has 2 aliphatic carbocycles. The molecule has 1 nitrogen and oxygen atoms in total. The zero-order valence-electron chi connectivity index (χ0n) is 30.6. The Bertz CT molecular complexity index is 2660. The summed E-state index contributed by atoms with van der Waals surface area (Å²) in [6.07, 6.45) is 0. The van der Waals surface area contributed by atoms with Crippen molar-refractivity contribution in [3.05, 3.63) is 198 Å². The van der Waals surface area contributed by atoms with Crippen LogP contribution in [0.4, 0.5) is 0 Å². The Morgan fingerprint density at radius 1 is 0.415 bits per heavy atom. The second-order valence-corrected chi connectivity index (χ2v) is 17.7. The molecule has 0 aliphatic heterocycles. The van der Waals surface area contributed by atoms with Crippen LogP contribution in [0, 0.1) is 13.8 Å². The van der Waals surface area contributed by atoms with E-state index in [9.17, 15) is 4.57 Å². The average molecular weight is 701 g/mol. The van der Waals surface area contributed by atoms with Crippen LogP contribution in [0.3, 0.4) is 0 Å². The molecule has 0 N–H and O–H groups in total. The van der Waals surface area contributed by atoms with Crippen molar-refractivity contribution in [2.75, 3.05) is 0 Å². The molecule has 53 heavy (non-hydrogen) atoms. The summed E-state index contributed by atoms with van der Waals surface area (Å²) in [6.45, 7) is 8.96. The molecular formula is C51H41OP. The quantitative estimate of drug-likeness (QED) is 0.167. The van der Waals surface area contributed by atoms with Gasteiger partial charge in [0.2, 0.25) is 0 Å². The Hall–Kier alpha value is -5.75. The summed E-state index contributed by atoms with van der Waals surface area (Å²) >= 11 is 0. The maximum atomic E-state index is 14.9. The SMILES string of the molecule is CC1(C)c2ccccc2-c2c1cc1c3c(cccc23)-c2cc(-c3ccc(P(=O)(c4ccccc4)c4ccccc4)cc3)ccc2-1.Cc1ccccc1C. The van der Waals surface area contributed by atoms with E-state index in [0.29, 0.717) is 0 Å². The number of aryl methyl sites for hydroxylation is 2. The zero-order valence-corrected chi connectivity index (χ0v) is 31.5. The van der Waals surface area contributed by atoms with Crippen LogP contribution in [0.1, 0.15) is 36.1 Å². The fraction of sp³-hybridized carbons (Fsp3) is 0.0980. The normalized spacial score (nSPS) is 13.1. The predicted octanol–water partition coefficient (Wildman–Crippen LogP) is 12.4. The van der Waals surface area contributed by atoms with Crippen molar-refractivity contribution in [3.63, 3.8) is 0 Å². The summed E-state index contributed by atoms with van der Waals surface area (Å²) in [6, 6.07) is 61.6. The molecule has 8 aromatic carbocycles. The van der Waals surface area contributed by atoms with Crippen molar-refractivity contribution >= 4 is 33.8 Å². The average Bonchev–Trinajstić information content (AvgIpc) is 3.65. The first kappa shape index (κ1) is 33.1. The van der Waals surface area contributed by atoms with Gasteiger partial charge in [-0.25, -0.2) is 0 Å². The molecule has 0 fully saturated rings. The van der Waals surface area contributed by atoms with Gasteiger partial charge in [0, 0.05) is 21.3 Å². The van der Waals surface area contributed by atoms with Gasteiger partial charge in [-0.3, -0.25) is 0 Å². The number of rotatable bonds is 4. The van der Waals surface area contributed by atoms with Gasteiger partial charge in [0.25, 0.3) is 0 Å². The first-order chi connectivity index (χ1) is 25.8. The van der Waals surface area contributed by atoms with Gasteiger partial charge in [-0.05, 0) is 104 Å². The van der Waals surface area contributed by atoms with Crippen LogP contribution in [0.15, 0.2) is 176 Å². The highest BCUT2D eigenvalue weighted by Crippen LogP contribution is 2.57. The van der Waals surface area contributed by atoms with E-state index < -0.39 is 7.14 Å². The largest absolute Gasteiger partial charge is 0.309 e. The molecule has 2 heteroatoms. The Balaban J connectivity index is 0.000000415. The van der Waals surface area contributed by atoms with Crippen molar-refractivity contribution < 1.29 is 4.57 Å². The van der Waals surface area contributed by atoms with Crippen LogP contribution in [0.25, 0.3) is 55.3 Å². The first-order valence-corrected chi connectivity index (χ1v) is 20.2. The van der Waals surface area contributed by atoms with Gasteiger partial charge < -0.3 is 4.57 Å². The third-order valence-corrected chi connectivity index (χ3v) is 14.6. The van der Waals surface area contributed by atoms with E-state index in [1.807, 2.05) is 60.7 Å². The maximum absolute atomic E-state index is 14.9. The van der Waals surface area contributed by atoms with Crippen molar-refractivity contribution in [1.29, 1.82) is 0 Å². The number of hydrogen-bond donors (Lipinski definition) is 0. The molecule has 0 saturated heterocycles. The second-order valence-electron chi connectivity index (χ2n) is 14.9. The molecule has 256 valence electrons. The molecule has 0 unspecified atom stereocenters. The standard InChI is InChI=1S/C43H31OP.C8H10/c1-43(2)39-19-10-9-16-35(39)42-36-18-11-17-34-37-26-29(22-25-33(37)38(41(34)36)27-40(42)43)28-20-23-32(24-21-28)45(44,30-12-5-3-6-13-30)31-14-7-4-8-15-31;1-7-5-3-4-6-8(7)2/h3-27H,1-2H3;3-6H,1-2H3. The van der Waals surface area contributed by atoms with E-state index >= 15 is 0 Å². The Morgan fingerprint density at radius 3 is 1.60 bits per heavy atom. The van der Waals surface area contributed by atoms with Crippen LogP contribution < -0.4 is 15.9 Å². The van der Waals surface area contributed by atoms with Crippen molar-refractivity contribution in [3.8, 4) is 44.5 Å². The van der Waals surface area contributed by atoms with Crippen LogP contribution in [-0.2, 0) is 9.98 Å². The minimum atomic E-state index is -3.01. The minimum absolute atomic E-state index is 0.0456. The third kappa shape index (κ3) is 5.26. The molecule has 0 saturated carbocycles. The van der Waals surface area contributed by atoms with E-state index in [1.165, 1.54) is 66.4 Å². The van der Waals surface area contributed by atoms with E-state index in [1.54, 1.807) is 0 Å². The smallest absolute Gasteiger partial charge is 0.171 e. The molecule has 0 bridgehead atoms.